The van der Waals surface area contributed by atoms with Gasteiger partial charge in [0.25, 0.3) is 0 Å². The number of nitrogens with zero attached hydrogens (tertiary/aromatic N) is 1. The van der Waals surface area contributed by atoms with Gasteiger partial charge in [0, 0.05) is 16.3 Å². The van der Waals surface area contributed by atoms with Crippen molar-refractivity contribution in [1.82, 2.24) is 3.71 Å². The molecule has 0 radical (unpaired) electrons. The van der Waals surface area contributed by atoms with E-state index in [9.17, 15) is 10.2 Å². The fourth-order valence-electron chi connectivity index (χ4n) is 3.40. The van der Waals surface area contributed by atoms with Crippen molar-refractivity contribution in [3.05, 3.63) is 48.0 Å². The van der Waals surface area contributed by atoms with Gasteiger partial charge in [-0.1, -0.05) is 77.3 Å². The van der Waals surface area contributed by atoms with E-state index >= 15 is 0 Å². The minimum absolute atomic E-state index is 0.0673. The summed E-state index contributed by atoms with van der Waals surface area (Å²) in [6.45, 7) is 5.47. The number of hydrogen-bond acceptors (Lipinski definition) is 5. The lowest BCUT2D eigenvalue weighted by atomic mass is 10.1. The van der Waals surface area contributed by atoms with Crippen molar-refractivity contribution in [2.75, 3.05) is 6.54 Å². The molecule has 0 fully saturated rings. The topological polar surface area (TPSA) is 43.7 Å². The number of unbranched alkanes of at least 4 members (excludes halogenated alkanes) is 8. The smallest absolute Gasteiger partial charge is 0.158 e. The van der Waals surface area contributed by atoms with Gasteiger partial charge in [-0.25, -0.2) is 0 Å². The average molecular weight is 462 g/mol. The summed E-state index contributed by atoms with van der Waals surface area (Å²) in [5.74, 6) is -0.142. The summed E-state index contributed by atoms with van der Waals surface area (Å²) in [5, 5.41) is 19.5. The van der Waals surface area contributed by atoms with Crippen molar-refractivity contribution in [3.63, 3.8) is 0 Å². The van der Waals surface area contributed by atoms with E-state index in [0.717, 1.165) is 24.3 Å². The second-order valence-electron chi connectivity index (χ2n) is 8.11. The van der Waals surface area contributed by atoms with Crippen LogP contribution in [-0.4, -0.2) is 20.5 Å². The first-order chi connectivity index (χ1) is 15.1. The van der Waals surface area contributed by atoms with E-state index in [0.29, 0.717) is 0 Å². The molecule has 2 aromatic carbocycles. The maximum Gasteiger partial charge on any atom is 0.158 e. The molecule has 2 rings (SSSR count). The maximum atomic E-state index is 9.85. The molecule has 0 amide bonds. The van der Waals surface area contributed by atoms with E-state index in [1.165, 1.54) is 68.2 Å². The molecule has 0 bridgehead atoms. The lowest BCUT2D eigenvalue weighted by Crippen LogP contribution is -2.08. The number of aromatic hydroxyl groups is 2. The van der Waals surface area contributed by atoms with E-state index in [-0.39, 0.29) is 11.5 Å². The normalized spacial score (nSPS) is 11.3. The Labute approximate surface area is 197 Å². The summed E-state index contributed by atoms with van der Waals surface area (Å²) in [7, 11) is 0. The molecule has 0 atom stereocenters. The minimum atomic E-state index is -0.0747. The molecule has 0 spiro atoms. The van der Waals surface area contributed by atoms with Crippen LogP contribution >= 0.6 is 23.9 Å². The van der Waals surface area contributed by atoms with Gasteiger partial charge in [0.15, 0.2) is 11.5 Å². The van der Waals surface area contributed by atoms with Crippen LogP contribution in [0.4, 0.5) is 0 Å². The van der Waals surface area contributed by atoms with E-state index < -0.39 is 0 Å². The summed E-state index contributed by atoms with van der Waals surface area (Å²) in [4.78, 5) is 2.17. The molecule has 31 heavy (non-hydrogen) atoms. The van der Waals surface area contributed by atoms with E-state index in [1.54, 1.807) is 36.0 Å². The molecule has 0 aliphatic heterocycles. The predicted molar refractivity (Wildman–Crippen MR) is 136 cm³/mol. The summed E-state index contributed by atoms with van der Waals surface area (Å²) in [6, 6.07) is 14.0. The van der Waals surface area contributed by atoms with Gasteiger partial charge in [-0.15, -0.1) is 0 Å². The third kappa shape index (κ3) is 10.7. The van der Waals surface area contributed by atoms with Crippen molar-refractivity contribution in [2.24, 2.45) is 0 Å². The average Bonchev–Trinajstić information content (AvgIpc) is 2.77. The first-order valence-electron chi connectivity index (χ1n) is 11.9. The maximum absolute atomic E-state index is 9.85. The Morgan fingerprint density at radius 2 is 1.23 bits per heavy atom. The van der Waals surface area contributed by atoms with Crippen LogP contribution < -0.4 is 0 Å². The summed E-state index contributed by atoms with van der Waals surface area (Å²) >= 11 is 3.38. The Bertz CT molecular complexity index is 737. The second-order valence-corrected chi connectivity index (χ2v) is 10.5. The fraction of sp³-hybridized carbons (Fsp3) is 0.538. The van der Waals surface area contributed by atoms with Gasteiger partial charge in [0.05, 0.1) is 0 Å². The van der Waals surface area contributed by atoms with Crippen LogP contribution in [0, 0.1) is 0 Å². The second kappa shape index (κ2) is 15.5. The lowest BCUT2D eigenvalue weighted by molar-refractivity contribution is 0.402. The van der Waals surface area contributed by atoms with Gasteiger partial charge in [0.1, 0.15) is 0 Å². The van der Waals surface area contributed by atoms with Gasteiger partial charge in [0.2, 0.25) is 0 Å². The standard InChI is InChI=1S/C26H39NO2S2/c1-3-5-7-8-9-10-12-20-27(31-24-18-19-25(28)26(29)21-24)30-23-16-14-22(15-17-23)13-11-6-4-2/h14-19,21,28-29H,3-13,20H2,1-2H3. The molecule has 0 unspecified atom stereocenters. The quantitative estimate of drug-likeness (QED) is 0.149. The van der Waals surface area contributed by atoms with Crippen LogP contribution in [0.25, 0.3) is 0 Å². The molecule has 0 saturated heterocycles. The van der Waals surface area contributed by atoms with Crippen LogP contribution in [0.2, 0.25) is 0 Å². The monoisotopic (exact) mass is 461 g/mol. The van der Waals surface area contributed by atoms with Crippen molar-refractivity contribution in [3.8, 4) is 11.5 Å². The number of phenols is 2. The molecule has 2 N–H and O–H groups in total. The molecule has 0 heterocycles. The zero-order valence-electron chi connectivity index (χ0n) is 19.2. The van der Waals surface area contributed by atoms with Crippen LogP contribution in [0.5, 0.6) is 11.5 Å². The highest BCUT2D eigenvalue weighted by Crippen LogP contribution is 2.37. The summed E-state index contributed by atoms with van der Waals surface area (Å²) in [5.41, 5.74) is 1.41. The number of benzene rings is 2. The Morgan fingerprint density at radius 3 is 1.90 bits per heavy atom. The van der Waals surface area contributed by atoms with Crippen LogP contribution in [0.1, 0.15) is 83.6 Å². The van der Waals surface area contributed by atoms with Gasteiger partial charge in [-0.3, -0.25) is 0 Å². The Balaban J connectivity index is 1.91. The lowest BCUT2D eigenvalue weighted by Gasteiger charge is -2.20. The predicted octanol–water partition coefficient (Wildman–Crippen LogP) is 8.60. The van der Waals surface area contributed by atoms with Crippen LogP contribution in [-0.2, 0) is 6.42 Å². The van der Waals surface area contributed by atoms with E-state index in [4.69, 9.17) is 0 Å². The Morgan fingerprint density at radius 1 is 0.645 bits per heavy atom. The third-order valence-electron chi connectivity index (χ3n) is 5.30. The van der Waals surface area contributed by atoms with Crippen molar-refractivity contribution in [1.29, 1.82) is 0 Å². The van der Waals surface area contributed by atoms with Crippen molar-refractivity contribution < 1.29 is 10.2 Å². The molecular weight excluding hydrogens is 422 g/mol. The molecule has 3 nitrogen and oxygen atoms in total. The highest BCUT2D eigenvalue weighted by molar-refractivity contribution is 8.12. The molecule has 172 valence electrons. The Kier molecular flexibility index (Phi) is 13.0. The largest absolute Gasteiger partial charge is 0.504 e. The molecule has 0 aromatic heterocycles. The highest BCUT2D eigenvalue weighted by Gasteiger charge is 2.11. The van der Waals surface area contributed by atoms with Crippen LogP contribution in [0.3, 0.4) is 0 Å². The SMILES string of the molecule is CCCCCCCCCN(Sc1ccc(CCCCC)cc1)Sc1ccc(O)c(O)c1. The minimum Gasteiger partial charge on any atom is -0.504 e. The molecular formula is C26H39NO2S2. The van der Waals surface area contributed by atoms with E-state index in [1.807, 2.05) is 6.07 Å². The van der Waals surface area contributed by atoms with Gasteiger partial charge in [-0.05, 0) is 79.1 Å². The molecule has 5 heteroatoms. The summed E-state index contributed by atoms with van der Waals surface area (Å²) in [6.07, 6.45) is 14.0. The zero-order valence-corrected chi connectivity index (χ0v) is 20.8. The fourth-order valence-corrected chi connectivity index (χ4v) is 5.53. The van der Waals surface area contributed by atoms with Crippen LogP contribution in [0.15, 0.2) is 52.3 Å². The highest BCUT2D eigenvalue weighted by atomic mass is 32.2. The van der Waals surface area contributed by atoms with Crippen molar-refractivity contribution >= 4 is 23.9 Å². The first kappa shape index (κ1) is 26.0. The third-order valence-corrected chi connectivity index (χ3v) is 7.47. The van der Waals surface area contributed by atoms with Gasteiger partial charge >= 0.3 is 0 Å². The Hall–Kier alpha value is -1.30. The van der Waals surface area contributed by atoms with Crippen molar-refractivity contribution in [2.45, 2.75) is 94.3 Å². The molecule has 2 aromatic rings. The van der Waals surface area contributed by atoms with Gasteiger partial charge in [-0.2, -0.15) is 3.71 Å². The zero-order chi connectivity index (χ0) is 22.3. The molecule has 0 aliphatic carbocycles. The number of hydrogen-bond donors (Lipinski definition) is 2. The first-order valence-corrected chi connectivity index (χ1v) is 13.4. The summed E-state index contributed by atoms with van der Waals surface area (Å²) < 4.78 is 2.30. The number of rotatable bonds is 16. The number of aryl methyl sites for hydroxylation is 1. The molecule has 0 saturated carbocycles. The number of phenolic OH excluding ortho intramolecular Hbond substituents is 2. The van der Waals surface area contributed by atoms with E-state index in [2.05, 4.69) is 41.8 Å². The molecule has 0 aliphatic rings. The van der Waals surface area contributed by atoms with Gasteiger partial charge < -0.3 is 10.2 Å².